The van der Waals surface area contributed by atoms with E-state index in [1.807, 2.05) is 24.4 Å². The number of benzene rings is 1. The molecule has 2 aliphatic rings. The second-order valence-electron chi connectivity index (χ2n) is 8.62. The molecule has 0 radical (unpaired) electrons. The minimum absolute atomic E-state index is 0.310. The molecule has 32 heavy (non-hydrogen) atoms. The average Bonchev–Trinajstić information content (AvgIpc) is 3.38. The van der Waals surface area contributed by atoms with Gasteiger partial charge in [0.05, 0.1) is 38.0 Å². The number of hydrogen-bond acceptors (Lipinski definition) is 7. The Morgan fingerprint density at radius 2 is 1.72 bits per heavy atom. The van der Waals surface area contributed by atoms with Crippen LogP contribution in [0.5, 0.6) is 11.5 Å². The van der Waals surface area contributed by atoms with Gasteiger partial charge < -0.3 is 14.4 Å². The molecule has 2 saturated heterocycles. The summed E-state index contributed by atoms with van der Waals surface area (Å²) in [7, 11) is 3.33. The van der Waals surface area contributed by atoms with E-state index in [0.717, 1.165) is 54.3 Å². The molecule has 5 rings (SSSR count). The molecule has 1 atom stereocenters. The van der Waals surface area contributed by atoms with Gasteiger partial charge in [0.25, 0.3) is 0 Å². The Kier molecular flexibility index (Phi) is 6.08. The van der Waals surface area contributed by atoms with Crippen LogP contribution in [0.4, 0.5) is 5.82 Å². The van der Waals surface area contributed by atoms with Crippen LogP contribution in [0.3, 0.4) is 0 Å². The molecule has 4 heterocycles. The monoisotopic (exact) mass is 433 g/mol. The third-order valence-electron chi connectivity index (χ3n) is 6.62. The minimum atomic E-state index is 0.310. The number of ether oxygens (including phenoxy) is 2. The number of piperidine rings is 1. The van der Waals surface area contributed by atoms with Crippen molar-refractivity contribution >= 4 is 16.7 Å². The van der Waals surface area contributed by atoms with Gasteiger partial charge in [-0.3, -0.25) is 9.88 Å². The summed E-state index contributed by atoms with van der Waals surface area (Å²) in [6.45, 7) is 3.81. The normalized spacial score (nSPS) is 19.4. The summed E-state index contributed by atoms with van der Waals surface area (Å²) in [5.41, 5.74) is 2.04. The number of hydrogen-bond donors (Lipinski definition) is 0. The van der Waals surface area contributed by atoms with Crippen LogP contribution in [0.25, 0.3) is 10.9 Å². The molecular weight excluding hydrogens is 402 g/mol. The van der Waals surface area contributed by atoms with E-state index in [1.165, 1.54) is 25.7 Å². The summed E-state index contributed by atoms with van der Waals surface area (Å²) in [4.78, 5) is 19.6. The first kappa shape index (κ1) is 20.9. The van der Waals surface area contributed by atoms with E-state index in [1.54, 1.807) is 14.2 Å². The number of methoxy groups -OCH3 is 2. The standard InChI is InChI=1S/C25H31N5O2/c1-31-22-15-18-20(16-23(22)32-2)27-24(28-25(18)29-12-7-8-13-29)17-30-14-6-4-10-21(30)19-9-3-5-11-26-19/h3,5,9,11,15-16,21H,4,6-8,10,12-14,17H2,1-2H3. The maximum atomic E-state index is 5.56. The molecule has 1 unspecified atom stereocenters. The molecule has 3 aromatic rings. The number of likely N-dealkylation sites (tertiary alicyclic amines) is 1. The van der Waals surface area contributed by atoms with Crippen LogP contribution in [0.15, 0.2) is 36.5 Å². The highest BCUT2D eigenvalue weighted by atomic mass is 16.5. The molecular formula is C25H31N5O2. The third kappa shape index (κ3) is 4.09. The highest BCUT2D eigenvalue weighted by Crippen LogP contribution is 2.37. The highest BCUT2D eigenvalue weighted by molar-refractivity contribution is 5.92. The van der Waals surface area contributed by atoms with E-state index < -0.39 is 0 Å². The summed E-state index contributed by atoms with van der Waals surface area (Å²) >= 11 is 0. The smallest absolute Gasteiger partial charge is 0.162 e. The second kappa shape index (κ2) is 9.28. The summed E-state index contributed by atoms with van der Waals surface area (Å²) in [5, 5.41) is 1.02. The van der Waals surface area contributed by atoms with Crippen LogP contribution in [-0.4, -0.2) is 53.7 Å². The van der Waals surface area contributed by atoms with Crippen LogP contribution in [0.2, 0.25) is 0 Å². The Hall–Kier alpha value is -2.93. The van der Waals surface area contributed by atoms with E-state index in [4.69, 9.17) is 19.4 Å². The van der Waals surface area contributed by atoms with Crippen molar-refractivity contribution in [3.05, 3.63) is 48.0 Å². The Balaban J connectivity index is 1.54. The number of aromatic nitrogens is 3. The van der Waals surface area contributed by atoms with Crippen LogP contribution >= 0.6 is 0 Å². The molecule has 7 nitrogen and oxygen atoms in total. The molecule has 0 amide bonds. The van der Waals surface area contributed by atoms with Gasteiger partial charge in [-0.15, -0.1) is 0 Å². The van der Waals surface area contributed by atoms with E-state index >= 15 is 0 Å². The van der Waals surface area contributed by atoms with Crippen molar-refractivity contribution in [1.82, 2.24) is 19.9 Å². The fourth-order valence-electron chi connectivity index (χ4n) is 5.00. The maximum Gasteiger partial charge on any atom is 0.162 e. The summed E-state index contributed by atoms with van der Waals surface area (Å²) < 4.78 is 11.1. The van der Waals surface area contributed by atoms with Crippen molar-refractivity contribution in [3.8, 4) is 11.5 Å². The molecule has 0 N–H and O–H groups in total. The fraction of sp³-hybridized carbons (Fsp3) is 0.480. The molecule has 0 aliphatic carbocycles. The molecule has 0 bridgehead atoms. The first-order valence-electron chi connectivity index (χ1n) is 11.6. The van der Waals surface area contributed by atoms with E-state index in [0.29, 0.717) is 24.1 Å². The van der Waals surface area contributed by atoms with Crippen LogP contribution in [0.1, 0.15) is 49.7 Å². The number of fused-ring (bicyclic) bond motifs is 1. The van der Waals surface area contributed by atoms with Gasteiger partial charge >= 0.3 is 0 Å². The number of anilines is 1. The minimum Gasteiger partial charge on any atom is -0.493 e. The van der Waals surface area contributed by atoms with Crippen LogP contribution in [-0.2, 0) is 6.54 Å². The van der Waals surface area contributed by atoms with E-state index in [2.05, 4.69) is 26.9 Å². The molecule has 0 saturated carbocycles. The van der Waals surface area contributed by atoms with Crippen molar-refractivity contribution in [3.63, 3.8) is 0 Å². The topological polar surface area (TPSA) is 63.6 Å². The van der Waals surface area contributed by atoms with Gasteiger partial charge in [0.1, 0.15) is 11.6 Å². The van der Waals surface area contributed by atoms with Gasteiger partial charge in [-0.05, 0) is 50.4 Å². The Morgan fingerprint density at radius 1 is 0.938 bits per heavy atom. The predicted octanol–water partition coefficient (Wildman–Crippen LogP) is 4.37. The summed E-state index contributed by atoms with van der Waals surface area (Å²) in [5.74, 6) is 3.27. The van der Waals surface area contributed by atoms with Crippen molar-refractivity contribution in [2.75, 3.05) is 38.8 Å². The number of rotatable bonds is 6. The van der Waals surface area contributed by atoms with Crippen molar-refractivity contribution in [2.24, 2.45) is 0 Å². The molecule has 7 heteroatoms. The Labute approximate surface area is 189 Å². The van der Waals surface area contributed by atoms with Crippen molar-refractivity contribution < 1.29 is 9.47 Å². The van der Waals surface area contributed by atoms with Gasteiger partial charge in [-0.1, -0.05) is 12.5 Å². The molecule has 0 spiro atoms. The first-order valence-corrected chi connectivity index (χ1v) is 11.6. The summed E-state index contributed by atoms with van der Waals surface area (Å²) in [6.07, 6.45) is 7.83. The molecule has 168 valence electrons. The first-order chi connectivity index (χ1) is 15.8. The van der Waals surface area contributed by atoms with Gasteiger partial charge in [-0.2, -0.15) is 0 Å². The Bertz CT molecular complexity index is 1070. The van der Waals surface area contributed by atoms with Gasteiger partial charge in [0.2, 0.25) is 0 Å². The lowest BCUT2D eigenvalue weighted by Gasteiger charge is -2.35. The van der Waals surface area contributed by atoms with Crippen LogP contribution in [0, 0.1) is 0 Å². The second-order valence-corrected chi connectivity index (χ2v) is 8.62. The third-order valence-corrected chi connectivity index (χ3v) is 6.62. The zero-order valence-electron chi connectivity index (χ0n) is 19.0. The number of nitrogens with zero attached hydrogens (tertiary/aromatic N) is 5. The maximum absolute atomic E-state index is 5.56. The zero-order chi connectivity index (χ0) is 21.9. The molecule has 2 aliphatic heterocycles. The lowest BCUT2D eigenvalue weighted by atomic mass is 9.99. The lowest BCUT2D eigenvalue weighted by Crippen LogP contribution is -2.34. The Morgan fingerprint density at radius 3 is 2.47 bits per heavy atom. The SMILES string of the molecule is COc1cc2nc(CN3CCCCC3c3ccccn3)nc(N3CCCC3)c2cc1OC. The van der Waals surface area contributed by atoms with E-state index in [9.17, 15) is 0 Å². The van der Waals surface area contributed by atoms with Crippen molar-refractivity contribution in [1.29, 1.82) is 0 Å². The number of pyridine rings is 1. The van der Waals surface area contributed by atoms with Gasteiger partial charge in [-0.25, -0.2) is 9.97 Å². The highest BCUT2D eigenvalue weighted by Gasteiger charge is 2.27. The largest absolute Gasteiger partial charge is 0.493 e. The average molecular weight is 434 g/mol. The molecule has 2 aromatic heterocycles. The fourth-order valence-corrected chi connectivity index (χ4v) is 5.00. The van der Waals surface area contributed by atoms with Gasteiger partial charge in [0, 0.05) is 30.7 Å². The van der Waals surface area contributed by atoms with Gasteiger partial charge in [0.15, 0.2) is 11.5 Å². The van der Waals surface area contributed by atoms with E-state index in [-0.39, 0.29) is 0 Å². The quantitative estimate of drug-likeness (QED) is 0.572. The van der Waals surface area contributed by atoms with Crippen LogP contribution < -0.4 is 14.4 Å². The summed E-state index contributed by atoms with van der Waals surface area (Å²) in [6, 6.07) is 10.5. The zero-order valence-corrected chi connectivity index (χ0v) is 19.0. The molecule has 1 aromatic carbocycles. The lowest BCUT2D eigenvalue weighted by molar-refractivity contribution is 0.134. The predicted molar refractivity (Wildman–Crippen MR) is 125 cm³/mol. The molecule has 2 fully saturated rings. The van der Waals surface area contributed by atoms with Crippen molar-refractivity contribution in [2.45, 2.75) is 44.7 Å².